The fraction of sp³-hybridized carbons (Fsp3) is 0.167. The maximum atomic E-state index is 13.0. The lowest BCUT2D eigenvalue weighted by molar-refractivity contribution is 0.300. The highest BCUT2D eigenvalue weighted by Crippen LogP contribution is 2.25. The number of hydrogen-bond donors (Lipinski definition) is 2. The van der Waals surface area contributed by atoms with E-state index in [1.165, 1.54) is 6.07 Å². The van der Waals surface area contributed by atoms with Crippen LogP contribution in [-0.2, 0) is 16.4 Å². The predicted molar refractivity (Wildman–Crippen MR) is 72.3 cm³/mol. The summed E-state index contributed by atoms with van der Waals surface area (Å²) in [4.78, 5) is 0.707. The largest absolute Gasteiger partial charge is 0.396 e. The van der Waals surface area contributed by atoms with Crippen molar-refractivity contribution in [3.8, 4) is 0 Å². The van der Waals surface area contributed by atoms with Crippen LogP contribution in [0.5, 0.6) is 0 Å². The molecule has 0 spiro atoms. The van der Waals surface area contributed by atoms with Crippen LogP contribution in [-0.4, -0.2) is 20.1 Å². The minimum absolute atomic E-state index is 0.0191. The maximum Gasteiger partial charge on any atom is 0.271 e. The lowest BCUT2D eigenvalue weighted by Gasteiger charge is -2.06. The fourth-order valence-electron chi connectivity index (χ4n) is 1.57. The van der Waals surface area contributed by atoms with Gasteiger partial charge >= 0.3 is 0 Å². The molecule has 0 amide bonds. The molecule has 2 aromatic rings. The predicted octanol–water partition coefficient (Wildman–Crippen LogP) is 2.36. The van der Waals surface area contributed by atoms with Crippen molar-refractivity contribution in [2.75, 3.05) is 11.3 Å². The summed E-state index contributed by atoms with van der Waals surface area (Å²) in [5.74, 6) is -1.73. The Hall–Kier alpha value is -1.51. The van der Waals surface area contributed by atoms with Crippen LogP contribution in [0.25, 0.3) is 0 Å². The highest BCUT2D eigenvalue weighted by atomic mass is 32.2. The van der Waals surface area contributed by atoms with Crippen molar-refractivity contribution in [2.24, 2.45) is 0 Å². The van der Waals surface area contributed by atoms with Gasteiger partial charge in [-0.1, -0.05) is 0 Å². The molecule has 0 atom stereocenters. The molecule has 108 valence electrons. The van der Waals surface area contributed by atoms with Gasteiger partial charge in [0.2, 0.25) is 0 Å². The summed E-state index contributed by atoms with van der Waals surface area (Å²) in [6.07, 6.45) is 0.356. The van der Waals surface area contributed by atoms with E-state index in [1.54, 1.807) is 6.07 Å². The summed E-state index contributed by atoms with van der Waals surface area (Å²) in [5.41, 5.74) is -0.181. The summed E-state index contributed by atoms with van der Waals surface area (Å²) in [6, 6.07) is 5.41. The van der Waals surface area contributed by atoms with Crippen LogP contribution in [0.15, 0.2) is 34.5 Å². The molecule has 0 fully saturated rings. The number of rotatable bonds is 5. The molecule has 2 N–H and O–H groups in total. The van der Waals surface area contributed by atoms with E-state index >= 15 is 0 Å². The second kappa shape index (κ2) is 5.86. The normalized spacial score (nSPS) is 11.6. The van der Waals surface area contributed by atoms with Crippen LogP contribution in [0.4, 0.5) is 14.5 Å². The number of thiophene rings is 1. The second-order valence-electron chi connectivity index (χ2n) is 3.96. The molecule has 0 aliphatic carbocycles. The van der Waals surface area contributed by atoms with Crippen LogP contribution < -0.4 is 4.72 Å². The molecule has 4 nitrogen and oxygen atoms in total. The fourth-order valence-corrected chi connectivity index (χ4v) is 3.95. The van der Waals surface area contributed by atoms with E-state index < -0.39 is 21.7 Å². The molecule has 20 heavy (non-hydrogen) atoms. The third-order valence-corrected chi connectivity index (χ3v) is 5.39. The van der Waals surface area contributed by atoms with E-state index in [2.05, 4.69) is 4.72 Å². The first kappa shape index (κ1) is 14.9. The molecule has 0 bridgehead atoms. The van der Waals surface area contributed by atoms with E-state index in [1.807, 2.05) is 0 Å². The Morgan fingerprint density at radius 2 is 1.80 bits per heavy atom. The average Bonchev–Trinajstić information content (AvgIpc) is 2.76. The molecule has 1 aromatic carbocycles. The Kier molecular flexibility index (Phi) is 4.36. The van der Waals surface area contributed by atoms with E-state index in [4.69, 9.17) is 5.11 Å². The van der Waals surface area contributed by atoms with Crippen molar-refractivity contribution >= 4 is 27.0 Å². The van der Waals surface area contributed by atoms with Crippen molar-refractivity contribution in [3.05, 3.63) is 46.8 Å². The van der Waals surface area contributed by atoms with Gasteiger partial charge in [0.15, 0.2) is 0 Å². The number of aliphatic hydroxyl groups excluding tert-OH is 1. The molecule has 8 heteroatoms. The van der Waals surface area contributed by atoms with Crippen LogP contribution in [0.1, 0.15) is 4.88 Å². The molecule has 2 rings (SSSR count). The molecule has 0 saturated carbocycles. The molecule has 0 aliphatic rings. The van der Waals surface area contributed by atoms with Crippen molar-refractivity contribution in [2.45, 2.75) is 10.6 Å². The minimum Gasteiger partial charge on any atom is -0.396 e. The molecule has 0 radical (unpaired) electrons. The molecular formula is C12H11F2NO3S2. The van der Waals surface area contributed by atoms with Crippen molar-refractivity contribution < 1.29 is 22.3 Å². The van der Waals surface area contributed by atoms with Crippen LogP contribution in [0.3, 0.4) is 0 Å². The van der Waals surface area contributed by atoms with Crippen molar-refractivity contribution in [1.82, 2.24) is 0 Å². The molecule has 1 aromatic heterocycles. The van der Waals surface area contributed by atoms with Crippen LogP contribution in [0.2, 0.25) is 0 Å². The van der Waals surface area contributed by atoms with Gasteiger partial charge in [0.1, 0.15) is 15.8 Å². The highest BCUT2D eigenvalue weighted by Gasteiger charge is 2.17. The van der Waals surface area contributed by atoms with Crippen molar-refractivity contribution in [1.29, 1.82) is 0 Å². The van der Waals surface area contributed by atoms with Gasteiger partial charge in [-0.25, -0.2) is 17.2 Å². The molecular weight excluding hydrogens is 308 g/mol. The quantitative estimate of drug-likeness (QED) is 0.889. The van der Waals surface area contributed by atoms with Gasteiger partial charge in [0.05, 0.1) is 5.69 Å². The molecule has 0 aliphatic heterocycles. The number of nitrogens with one attached hydrogen (secondary N) is 1. The molecule has 0 saturated heterocycles. The highest BCUT2D eigenvalue weighted by molar-refractivity contribution is 7.94. The SMILES string of the molecule is O=S(=O)(Nc1cc(F)cc(F)c1)c1ccc(CCO)s1. The van der Waals surface area contributed by atoms with Crippen molar-refractivity contribution in [3.63, 3.8) is 0 Å². The second-order valence-corrected chi connectivity index (χ2v) is 7.04. The lowest BCUT2D eigenvalue weighted by Crippen LogP contribution is -2.11. The zero-order valence-electron chi connectivity index (χ0n) is 10.1. The third-order valence-electron chi connectivity index (χ3n) is 2.37. The average molecular weight is 319 g/mol. The summed E-state index contributed by atoms with van der Waals surface area (Å²) in [6.45, 7) is -0.0808. The Labute approximate surface area is 118 Å². The zero-order valence-corrected chi connectivity index (χ0v) is 11.8. The smallest absolute Gasteiger partial charge is 0.271 e. The maximum absolute atomic E-state index is 13.0. The first-order valence-electron chi connectivity index (χ1n) is 5.59. The lowest BCUT2D eigenvalue weighted by atomic mass is 10.3. The van der Waals surface area contributed by atoms with Gasteiger partial charge in [-0.05, 0) is 24.3 Å². The van der Waals surface area contributed by atoms with Crippen LogP contribution >= 0.6 is 11.3 Å². The topological polar surface area (TPSA) is 66.4 Å². The van der Waals surface area contributed by atoms with E-state index in [0.29, 0.717) is 17.4 Å². The molecule has 0 unspecified atom stereocenters. The number of benzene rings is 1. The Balaban J connectivity index is 2.25. The number of sulfonamides is 1. The van der Waals surface area contributed by atoms with E-state index in [9.17, 15) is 17.2 Å². The standard InChI is InChI=1S/C12H11F2NO3S2/c13-8-5-9(14)7-10(6-8)15-20(17,18)12-2-1-11(19-12)3-4-16/h1-2,5-7,15-16H,3-4H2. The summed E-state index contributed by atoms with van der Waals surface area (Å²) in [5, 5.41) is 8.79. The number of hydrogen-bond acceptors (Lipinski definition) is 4. The van der Waals surface area contributed by atoms with E-state index in [-0.39, 0.29) is 16.5 Å². The van der Waals surface area contributed by atoms with Gasteiger partial charge in [0.25, 0.3) is 10.0 Å². The van der Waals surface area contributed by atoms with Crippen LogP contribution in [0, 0.1) is 11.6 Å². The zero-order chi connectivity index (χ0) is 14.8. The van der Waals surface area contributed by atoms with Gasteiger partial charge < -0.3 is 5.11 Å². The molecule has 1 heterocycles. The van der Waals surface area contributed by atoms with Gasteiger partial charge in [-0.15, -0.1) is 11.3 Å². The minimum atomic E-state index is -3.89. The Bertz CT molecular complexity index is 693. The van der Waals surface area contributed by atoms with Gasteiger partial charge in [0, 0.05) is 24.0 Å². The third kappa shape index (κ3) is 3.53. The van der Waals surface area contributed by atoms with Gasteiger partial charge in [-0.2, -0.15) is 0 Å². The Morgan fingerprint density at radius 1 is 1.15 bits per heavy atom. The number of halogens is 2. The van der Waals surface area contributed by atoms with Gasteiger partial charge in [-0.3, -0.25) is 4.72 Å². The summed E-state index contributed by atoms with van der Waals surface area (Å²) >= 11 is 0.994. The summed E-state index contributed by atoms with van der Waals surface area (Å²) < 4.78 is 52.2. The van der Waals surface area contributed by atoms with E-state index in [0.717, 1.165) is 23.5 Å². The monoisotopic (exact) mass is 319 g/mol. The first-order chi connectivity index (χ1) is 9.40. The summed E-state index contributed by atoms with van der Waals surface area (Å²) in [7, 11) is -3.89. The number of anilines is 1. The number of aliphatic hydroxyl groups is 1. The first-order valence-corrected chi connectivity index (χ1v) is 7.89. The Morgan fingerprint density at radius 3 is 2.40 bits per heavy atom.